The molecule has 0 radical (unpaired) electrons. The third kappa shape index (κ3) is 3.58. The maximum absolute atomic E-state index is 12.7. The fourth-order valence-electron chi connectivity index (χ4n) is 3.03. The van der Waals surface area contributed by atoms with Gasteiger partial charge in [0.1, 0.15) is 11.5 Å². The molecule has 4 nitrogen and oxygen atoms in total. The minimum atomic E-state index is 0.0259. The minimum absolute atomic E-state index is 0.0259. The quantitative estimate of drug-likeness (QED) is 0.835. The Bertz CT molecular complexity index is 696. The van der Waals surface area contributed by atoms with Crippen molar-refractivity contribution in [2.24, 2.45) is 0 Å². The monoisotopic (exact) mass is 332 g/mol. The molecule has 3 rings (SSSR count). The van der Waals surface area contributed by atoms with E-state index >= 15 is 0 Å². The number of likely N-dealkylation sites (tertiary alicyclic amines) is 1. The highest BCUT2D eigenvalue weighted by Crippen LogP contribution is 2.33. The third-order valence-corrected chi connectivity index (χ3v) is 4.51. The van der Waals surface area contributed by atoms with Crippen LogP contribution in [0.25, 0.3) is 0 Å². The molecule has 0 aliphatic carbocycles. The van der Waals surface area contributed by atoms with Crippen molar-refractivity contribution in [1.29, 1.82) is 0 Å². The predicted molar refractivity (Wildman–Crippen MR) is 89.4 cm³/mol. The number of amides is 1. The largest absolute Gasteiger partial charge is 0.361 e. The van der Waals surface area contributed by atoms with Gasteiger partial charge in [-0.3, -0.25) is 4.79 Å². The van der Waals surface area contributed by atoms with Crippen LogP contribution in [-0.2, 0) is 11.2 Å². The summed E-state index contributed by atoms with van der Waals surface area (Å²) in [5.74, 6) is 1.28. The summed E-state index contributed by atoms with van der Waals surface area (Å²) >= 11 is 6.00. The first-order valence-electron chi connectivity index (χ1n) is 8.05. The first-order valence-corrected chi connectivity index (χ1v) is 8.43. The van der Waals surface area contributed by atoms with Gasteiger partial charge in [-0.15, -0.1) is 0 Å². The molecule has 1 atom stereocenters. The number of hydrogen-bond donors (Lipinski definition) is 0. The minimum Gasteiger partial charge on any atom is -0.361 e. The van der Waals surface area contributed by atoms with Gasteiger partial charge in [-0.05, 0) is 30.5 Å². The van der Waals surface area contributed by atoms with Crippen molar-refractivity contribution >= 4 is 17.5 Å². The number of rotatable bonds is 4. The first-order chi connectivity index (χ1) is 11.0. The second kappa shape index (κ2) is 6.75. The third-order valence-electron chi connectivity index (χ3n) is 4.27. The lowest BCUT2D eigenvalue weighted by molar-refractivity contribution is -0.131. The Labute approximate surface area is 141 Å². The molecule has 1 aromatic heterocycles. The standard InChI is InChI=1S/C18H21ClN2O2/c1-12(2)17-11-15(20-23-17)16-7-4-8-21(16)18(22)10-13-5-3-6-14(19)9-13/h3,5-6,9,11-12,16H,4,7-8,10H2,1-2H3. The van der Waals surface area contributed by atoms with Crippen LogP contribution in [0.5, 0.6) is 0 Å². The summed E-state index contributed by atoms with van der Waals surface area (Å²) < 4.78 is 5.40. The van der Waals surface area contributed by atoms with Gasteiger partial charge in [-0.25, -0.2) is 0 Å². The summed E-state index contributed by atoms with van der Waals surface area (Å²) in [7, 11) is 0. The molecule has 0 N–H and O–H groups in total. The number of aromatic nitrogens is 1. The Kier molecular flexibility index (Phi) is 4.71. The van der Waals surface area contributed by atoms with Crippen LogP contribution < -0.4 is 0 Å². The van der Waals surface area contributed by atoms with E-state index in [1.54, 1.807) is 0 Å². The molecule has 0 spiro atoms. The second-order valence-electron chi connectivity index (χ2n) is 6.36. The summed E-state index contributed by atoms with van der Waals surface area (Å²) in [6.45, 7) is 4.91. The molecule has 1 aromatic carbocycles. The van der Waals surface area contributed by atoms with Crippen LogP contribution in [0.3, 0.4) is 0 Å². The molecular weight excluding hydrogens is 312 g/mol. The molecule has 2 heterocycles. The van der Waals surface area contributed by atoms with Gasteiger partial charge < -0.3 is 9.42 Å². The lowest BCUT2D eigenvalue weighted by Gasteiger charge is -2.23. The van der Waals surface area contributed by atoms with Crippen molar-refractivity contribution in [3.05, 3.63) is 52.4 Å². The molecule has 1 amide bonds. The lowest BCUT2D eigenvalue weighted by atomic mass is 10.1. The van der Waals surface area contributed by atoms with Crippen LogP contribution in [0.15, 0.2) is 34.9 Å². The van der Waals surface area contributed by atoms with Crippen molar-refractivity contribution in [3.8, 4) is 0 Å². The number of hydrogen-bond acceptors (Lipinski definition) is 3. The predicted octanol–water partition coefficient (Wildman–Crippen LogP) is 4.36. The van der Waals surface area contributed by atoms with Crippen LogP contribution in [0.4, 0.5) is 0 Å². The highest BCUT2D eigenvalue weighted by molar-refractivity contribution is 6.30. The molecule has 5 heteroatoms. The van der Waals surface area contributed by atoms with Crippen LogP contribution >= 0.6 is 11.6 Å². The zero-order valence-electron chi connectivity index (χ0n) is 13.5. The van der Waals surface area contributed by atoms with Gasteiger partial charge in [0.15, 0.2) is 0 Å². The van der Waals surface area contributed by atoms with E-state index < -0.39 is 0 Å². The number of halogens is 1. The summed E-state index contributed by atoms with van der Waals surface area (Å²) in [6, 6.07) is 9.48. The van der Waals surface area contributed by atoms with E-state index in [0.717, 1.165) is 36.4 Å². The maximum atomic E-state index is 12.7. The number of carbonyl (C=O) groups excluding carboxylic acids is 1. The summed E-state index contributed by atoms with van der Waals surface area (Å²) in [5.41, 5.74) is 1.81. The molecule has 0 bridgehead atoms. The zero-order valence-corrected chi connectivity index (χ0v) is 14.2. The van der Waals surface area contributed by atoms with E-state index in [-0.39, 0.29) is 11.9 Å². The molecule has 122 valence electrons. The molecular formula is C18H21ClN2O2. The average molecular weight is 333 g/mol. The van der Waals surface area contributed by atoms with Crippen molar-refractivity contribution in [1.82, 2.24) is 10.1 Å². The number of benzene rings is 1. The summed E-state index contributed by atoms with van der Waals surface area (Å²) in [6.07, 6.45) is 2.30. The van der Waals surface area contributed by atoms with E-state index in [4.69, 9.17) is 16.1 Å². The van der Waals surface area contributed by atoms with Gasteiger partial charge in [0.25, 0.3) is 0 Å². The number of carbonyl (C=O) groups is 1. The molecule has 0 saturated carbocycles. The van der Waals surface area contributed by atoms with Crippen molar-refractivity contribution in [3.63, 3.8) is 0 Å². The Morgan fingerprint density at radius 1 is 1.43 bits per heavy atom. The summed E-state index contributed by atoms with van der Waals surface area (Å²) in [5, 5.41) is 4.84. The van der Waals surface area contributed by atoms with Crippen molar-refractivity contribution in [2.75, 3.05) is 6.54 Å². The van der Waals surface area contributed by atoms with Gasteiger partial charge in [0, 0.05) is 23.6 Å². The van der Waals surface area contributed by atoms with Gasteiger partial charge >= 0.3 is 0 Å². The Morgan fingerprint density at radius 3 is 2.96 bits per heavy atom. The van der Waals surface area contributed by atoms with E-state index in [2.05, 4.69) is 19.0 Å². The molecule has 1 saturated heterocycles. The maximum Gasteiger partial charge on any atom is 0.227 e. The van der Waals surface area contributed by atoms with Gasteiger partial charge in [0.05, 0.1) is 12.5 Å². The fraction of sp³-hybridized carbons (Fsp3) is 0.444. The molecule has 1 aliphatic rings. The Balaban J connectivity index is 1.74. The lowest BCUT2D eigenvalue weighted by Crippen LogP contribution is -2.32. The molecule has 1 aliphatic heterocycles. The Morgan fingerprint density at radius 2 is 2.26 bits per heavy atom. The molecule has 23 heavy (non-hydrogen) atoms. The zero-order chi connectivity index (χ0) is 16.4. The highest BCUT2D eigenvalue weighted by Gasteiger charge is 2.32. The topological polar surface area (TPSA) is 46.3 Å². The fourth-order valence-corrected chi connectivity index (χ4v) is 3.24. The first kappa shape index (κ1) is 16.1. The van der Waals surface area contributed by atoms with Crippen LogP contribution in [0.2, 0.25) is 5.02 Å². The number of nitrogens with zero attached hydrogens (tertiary/aromatic N) is 2. The molecule has 2 aromatic rings. The van der Waals surface area contributed by atoms with Gasteiger partial charge in [-0.2, -0.15) is 0 Å². The second-order valence-corrected chi connectivity index (χ2v) is 6.80. The Hall–Kier alpha value is -1.81. The SMILES string of the molecule is CC(C)c1cc(C2CCCN2C(=O)Cc2cccc(Cl)c2)no1. The van der Waals surface area contributed by atoms with Gasteiger partial charge in [0.2, 0.25) is 5.91 Å². The van der Waals surface area contributed by atoms with Gasteiger partial charge in [-0.1, -0.05) is 42.7 Å². The van der Waals surface area contributed by atoms with E-state index in [0.29, 0.717) is 17.4 Å². The van der Waals surface area contributed by atoms with E-state index in [1.807, 2.05) is 35.2 Å². The average Bonchev–Trinajstić information content (AvgIpc) is 3.16. The highest BCUT2D eigenvalue weighted by atomic mass is 35.5. The van der Waals surface area contributed by atoms with Crippen molar-refractivity contribution in [2.45, 2.75) is 45.1 Å². The normalized spacial score (nSPS) is 17.9. The smallest absolute Gasteiger partial charge is 0.227 e. The molecule has 1 unspecified atom stereocenters. The van der Waals surface area contributed by atoms with E-state index in [1.165, 1.54) is 0 Å². The molecule has 1 fully saturated rings. The van der Waals surface area contributed by atoms with Crippen molar-refractivity contribution < 1.29 is 9.32 Å². The summed E-state index contributed by atoms with van der Waals surface area (Å²) in [4.78, 5) is 14.6. The van der Waals surface area contributed by atoms with Crippen LogP contribution in [-0.4, -0.2) is 22.5 Å². The van der Waals surface area contributed by atoms with Crippen LogP contribution in [0, 0.1) is 0 Å². The van der Waals surface area contributed by atoms with E-state index in [9.17, 15) is 4.79 Å². The van der Waals surface area contributed by atoms with Crippen LogP contribution in [0.1, 0.15) is 55.7 Å².